The molecule has 2 fully saturated rings. The highest BCUT2D eigenvalue weighted by molar-refractivity contribution is 5.92. The van der Waals surface area contributed by atoms with Gasteiger partial charge < -0.3 is 9.80 Å². The van der Waals surface area contributed by atoms with Gasteiger partial charge in [-0.25, -0.2) is 19.8 Å². The molecule has 2 aliphatic rings. The van der Waals surface area contributed by atoms with Crippen molar-refractivity contribution in [1.82, 2.24) is 15.4 Å². The van der Waals surface area contributed by atoms with Gasteiger partial charge in [0.15, 0.2) is 0 Å². The fourth-order valence-corrected chi connectivity index (χ4v) is 3.51. The second kappa shape index (κ2) is 5.72. The van der Waals surface area contributed by atoms with Crippen LogP contribution in [-0.4, -0.2) is 46.3 Å². The van der Waals surface area contributed by atoms with Gasteiger partial charge in [0.05, 0.1) is 11.6 Å². The molecule has 2 saturated heterocycles. The number of fused-ring (bicyclic) bond motifs is 2. The van der Waals surface area contributed by atoms with Crippen LogP contribution in [0.2, 0.25) is 0 Å². The maximum absolute atomic E-state index is 13.1. The minimum atomic E-state index is -0.632. The van der Waals surface area contributed by atoms with Crippen molar-refractivity contribution in [3.8, 4) is 0 Å². The van der Waals surface area contributed by atoms with Crippen LogP contribution < -0.4 is 15.3 Å². The highest BCUT2D eigenvalue weighted by atomic mass is 19.1. The summed E-state index contributed by atoms with van der Waals surface area (Å²) < 4.78 is 13.1. The van der Waals surface area contributed by atoms with E-state index in [2.05, 4.69) is 19.8 Å². The topological polar surface area (TPSA) is 81.6 Å². The van der Waals surface area contributed by atoms with Crippen LogP contribution in [0, 0.1) is 5.82 Å². The molecule has 2 bridgehead atoms. The van der Waals surface area contributed by atoms with E-state index >= 15 is 0 Å². The number of piperazine rings is 1. The zero-order valence-electron chi connectivity index (χ0n) is 12.8. The molecule has 2 atom stereocenters. The number of hydroxylamine groups is 1. The van der Waals surface area contributed by atoms with Crippen LogP contribution >= 0.6 is 0 Å². The first kappa shape index (κ1) is 14.8. The molecule has 1 amide bonds. The lowest BCUT2D eigenvalue weighted by Crippen LogP contribution is -2.47. The fraction of sp³-hybridized carbons (Fsp3) is 0.312. The summed E-state index contributed by atoms with van der Waals surface area (Å²) >= 11 is 0. The number of halogens is 1. The van der Waals surface area contributed by atoms with Gasteiger partial charge in [-0.05, 0) is 30.7 Å². The third-order valence-electron chi connectivity index (χ3n) is 4.66. The SMILES string of the molecule is O=C(NO)c1cnc(N2C[C@@H]3CC2CN3c2ccc(F)cc2)nc1. The predicted octanol–water partition coefficient (Wildman–Crippen LogP) is 1.20. The molecule has 1 aromatic heterocycles. The molecule has 4 rings (SSSR count). The van der Waals surface area contributed by atoms with E-state index in [1.165, 1.54) is 24.5 Å². The molecule has 1 unspecified atom stereocenters. The number of benzene rings is 1. The predicted molar refractivity (Wildman–Crippen MR) is 84.6 cm³/mol. The van der Waals surface area contributed by atoms with E-state index in [-0.39, 0.29) is 17.4 Å². The van der Waals surface area contributed by atoms with Crippen LogP contribution in [-0.2, 0) is 0 Å². The molecular formula is C16H16FN5O2. The number of anilines is 2. The summed E-state index contributed by atoms with van der Waals surface area (Å²) in [7, 11) is 0. The molecule has 2 aromatic rings. The summed E-state index contributed by atoms with van der Waals surface area (Å²) in [6.45, 7) is 1.62. The molecule has 2 N–H and O–H groups in total. The second-order valence-corrected chi connectivity index (χ2v) is 6.04. The van der Waals surface area contributed by atoms with Crippen molar-refractivity contribution >= 4 is 17.5 Å². The van der Waals surface area contributed by atoms with Crippen LogP contribution in [0.15, 0.2) is 36.7 Å². The molecule has 1 aromatic carbocycles. The van der Waals surface area contributed by atoms with E-state index in [1.807, 2.05) is 0 Å². The van der Waals surface area contributed by atoms with Crippen molar-refractivity contribution in [1.29, 1.82) is 0 Å². The molecule has 3 heterocycles. The molecule has 0 spiro atoms. The number of nitrogens with zero attached hydrogens (tertiary/aromatic N) is 4. The summed E-state index contributed by atoms with van der Waals surface area (Å²) in [5, 5.41) is 8.62. The average Bonchev–Trinajstić information content (AvgIpc) is 3.22. The Bertz CT molecular complexity index is 752. The van der Waals surface area contributed by atoms with Gasteiger partial charge in [-0.15, -0.1) is 0 Å². The number of aromatic nitrogens is 2. The number of carbonyl (C=O) groups is 1. The van der Waals surface area contributed by atoms with Gasteiger partial charge in [0, 0.05) is 37.2 Å². The molecular weight excluding hydrogens is 313 g/mol. The molecule has 8 heteroatoms. The number of hydrogen-bond acceptors (Lipinski definition) is 6. The van der Waals surface area contributed by atoms with Crippen molar-refractivity contribution in [2.45, 2.75) is 18.5 Å². The van der Waals surface area contributed by atoms with E-state index in [1.54, 1.807) is 17.6 Å². The van der Waals surface area contributed by atoms with Gasteiger partial charge >= 0.3 is 0 Å². The van der Waals surface area contributed by atoms with Gasteiger partial charge in [-0.2, -0.15) is 0 Å². The van der Waals surface area contributed by atoms with Crippen LogP contribution in [0.1, 0.15) is 16.8 Å². The number of amides is 1. The maximum atomic E-state index is 13.1. The Labute approximate surface area is 137 Å². The molecule has 124 valence electrons. The van der Waals surface area contributed by atoms with Crippen LogP contribution in [0.25, 0.3) is 0 Å². The largest absolute Gasteiger partial charge is 0.365 e. The van der Waals surface area contributed by atoms with Gasteiger partial charge in [-0.3, -0.25) is 10.0 Å². The Kier molecular flexibility index (Phi) is 3.53. The third-order valence-corrected chi connectivity index (χ3v) is 4.66. The minimum Gasteiger partial charge on any atom is -0.365 e. The molecule has 2 aliphatic heterocycles. The van der Waals surface area contributed by atoms with E-state index in [9.17, 15) is 9.18 Å². The molecule has 0 aliphatic carbocycles. The van der Waals surface area contributed by atoms with Crippen molar-refractivity contribution in [3.63, 3.8) is 0 Å². The summed E-state index contributed by atoms with van der Waals surface area (Å²) in [6.07, 6.45) is 3.80. The van der Waals surface area contributed by atoms with Gasteiger partial charge in [-0.1, -0.05) is 0 Å². The summed E-state index contributed by atoms with van der Waals surface area (Å²) in [4.78, 5) is 24.2. The summed E-state index contributed by atoms with van der Waals surface area (Å²) in [5.41, 5.74) is 2.79. The molecule has 0 saturated carbocycles. The van der Waals surface area contributed by atoms with Crippen molar-refractivity contribution in [2.24, 2.45) is 0 Å². The first-order valence-corrected chi connectivity index (χ1v) is 7.71. The monoisotopic (exact) mass is 329 g/mol. The van der Waals surface area contributed by atoms with Crippen molar-refractivity contribution in [2.75, 3.05) is 22.9 Å². The maximum Gasteiger partial charge on any atom is 0.277 e. The quantitative estimate of drug-likeness (QED) is 0.650. The highest BCUT2D eigenvalue weighted by Crippen LogP contribution is 2.36. The van der Waals surface area contributed by atoms with E-state index in [0.717, 1.165) is 25.2 Å². The molecule has 0 radical (unpaired) electrons. The normalized spacial score (nSPS) is 22.1. The Morgan fingerprint density at radius 2 is 1.75 bits per heavy atom. The first-order valence-electron chi connectivity index (χ1n) is 7.71. The van der Waals surface area contributed by atoms with Crippen LogP contribution in [0.3, 0.4) is 0 Å². The zero-order valence-corrected chi connectivity index (χ0v) is 12.8. The van der Waals surface area contributed by atoms with Gasteiger partial charge in [0.2, 0.25) is 5.95 Å². The van der Waals surface area contributed by atoms with Crippen LogP contribution in [0.4, 0.5) is 16.0 Å². The highest BCUT2D eigenvalue weighted by Gasteiger charge is 2.44. The Morgan fingerprint density at radius 1 is 1.12 bits per heavy atom. The van der Waals surface area contributed by atoms with E-state index in [4.69, 9.17) is 5.21 Å². The van der Waals surface area contributed by atoms with Crippen LogP contribution in [0.5, 0.6) is 0 Å². The van der Waals surface area contributed by atoms with Gasteiger partial charge in [0.1, 0.15) is 5.82 Å². The lowest BCUT2D eigenvalue weighted by atomic mass is 10.2. The Balaban J connectivity index is 1.48. The Morgan fingerprint density at radius 3 is 2.33 bits per heavy atom. The smallest absolute Gasteiger partial charge is 0.277 e. The van der Waals surface area contributed by atoms with Crippen molar-refractivity contribution < 1.29 is 14.4 Å². The minimum absolute atomic E-state index is 0.207. The molecule has 24 heavy (non-hydrogen) atoms. The lowest BCUT2D eigenvalue weighted by molar-refractivity contribution is 0.0705. The third kappa shape index (κ3) is 2.44. The standard InChI is InChI=1S/C16H16FN5O2/c17-11-1-3-12(4-2-11)21-8-14-5-13(21)9-22(14)16-18-6-10(7-19-16)15(23)20-24/h1-4,6-7,13-14,24H,5,8-9H2,(H,20,23)/t13-,14?/m0/s1. The Hall–Kier alpha value is -2.74. The summed E-state index contributed by atoms with van der Waals surface area (Å²) in [5.74, 6) is -0.284. The van der Waals surface area contributed by atoms with Gasteiger partial charge in [0.25, 0.3) is 5.91 Å². The first-order chi connectivity index (χ1) is 11.7. The number of hydrogen-bond donors (Lipinski definition) is 2. The number of carbonyl (C=O) groups excluding carboxylic acids is 1. The average molecular weight is 329 g/mol. The van der Waals surface area contributed by atoms with E-state index in [0.29, 0.717) is 12.0 Å². The molecule has 7 nitrogen and oxygen atoms in total. The number of nitrogens with one attached hydrogen (secondary N) is 1. The second-order valence-electron chi connectivity index (χ2n) is 6.04. The zero-order chi connectivity index (χ0) is 16.7. The summed E-state index contributed by atoms with van der Waals surface area (Å²) in [6, 6.07) is 7.19. The number of rotatable bonds is 3. The fourth-order valence-electron chi connectivity index (χ4n) is 3.51. The lowest BCUT2D eigenvalue weighted by Gasteiger charge is -2.35. The van der Waals surface area contributed by atoms with Crippen molar-refractivity contribution in [3.05, 3.63) is 48.0 Å². The van der Waals surface area contributed by atoms with E-state index < -0.39 is 5.91 Å².